The Hall–Kier alpha value is -1.03. The van der Waals surface area contributed by atoms with Crippen LogP contribution in [-0.4, -0.2) is 24.4 Å². The molecular weight excluding hydrogens is 282 g/mol. The van der Waals surface area contributed by atoms with Gasteiger partial charge in [0.15, 0.2) is 0 Å². The summed E-state index contributed by atoms with van der Waals surface area (Å²) in [5, 5.41) is 2.88. The van der Waals surface area contributed by atoms with Gasteiger partial charge in [-0.25, -0.2) is 0 Å². The molecule has 0 bridgehead atoms. The summed E-state index contributed by atoms with van der Waals surface area (Å²) >= 11 is 3.44. The Morgan fingerprint density at radius 3 is 2.82 bits per heavy atom. The molecule has 1 rings (SSSR count). The third kappa shape index (κ3) is 4.38. The number of ether oxygens (including phenoxy) is 1. The second-order valence-corrected chi connectivity index (χ2v) is 5.57. The van der Waals surface area contributed by atoms with Crippen LogP contribution in [0.15, 0.2) is 18.2 Å². The highest BCUT2D eigenvalue weighted by atomic mass is 79.9. The van der Waals surface area contributed by atoms with Crippen molar-refractivity contribution < 1.29 is 9.53 Å². The Kier molecular flexibility index (Phi) is 5.48. The first kappa shape index (κ1) is 14.0. The second-order valence-electron chi connectivity index (χ2n) is 4.01. The summed E-state index contributed by atoms with van der Waals surface area (Å²) in [7, 11) is 1.61. The number of nitrogens with one attached hydrogen (secondary N) is 1. The maximum absolute atomic E-state index is 11.8. The molecule has 1 aromatic carbocycles. The number of carbonyl (C=O) groups excluding carboxylic acids is 1. The fourth-order valence-electron chi connectivity index (χ4n) is 1.45. The Balaban J connectivity index is 2.63. The Morgan fingerprint density at radius 2 is 2.24 bits per heavy atom. The Labute approximate surface area is 111 Å². The summed E-state index contributed by atoms with van der Waals surface area (Å²) in [6.45, 7) is 4.68. The van der Waals surface area contributed by atoms with Gasteiger partial charge in [0.1, 0.15) is 5.75 Å². The molecule has 94 valence electrons. The molecule has 17 heavy (non-hydrogen) atoms. The number of halogens is 1. The van der Waals surface area contributed by atoms with Gasteiger partial charge in [-0.2, -0.15) is 0 Å². The van der Waals surface area contributed by atoms with Crippen LogP contribution in [-0.2, 0) is 0 Å². The van der Waals surface area contributed by atoms with Crippen LogP contribution < -0.4 is 10.1 Å². The van der Waals surface area contributed by atoms with Gasteiger partial charge in [0.2, 0.25) is 0 Å². The summed E-state index contributed by atoms with van der Waals surface area (Å²) in [6, 6.07) is 5.47. The highest BCUT2D eigenvalue weighted by Crippen LogP contribution is 2.18. The van der Waals surface area contributed by atoms with Crippen LogP contribution in [0.3, 0.4) is 0 Å². The van der Waals surface area contributed by atoms with Crippen LogP contribution in [0.4, 0.5) is 0 Å². The molecule has 0 aliphatic carbocycles. The van der Waals surface area contributed by atoms with Crippen molar-refractivity contribution in [3.05, 3.63) is 29.3 Å². The van der Waals surface area contributed by atoms with Crippen molar-refractivity contribution >= 4 is 21.8 Å². The zero-order valence-electron chi connectivity index (χ0n) is 10.4. The molecule has 0 saturated carbocycles. The largest absolute Gasteiger partial charge is 0.496 e. The molecule has 3 nitrogen and oxygen atoms in total. The van der Waals surface area contributed by atoms with Crippen LogP contribution in [0.5, 0.6) is 5.75 Å². The highest BCUT2D eigenvalue weighted by Gasteiger charge is 2.08. The van der Waals surface area contributed by atoms with E-state index < -0.39 is 0 Å². The maximum atomic E-state index is 11.8. The summed E-state index contributed by atoms with van der Waals surface area (Å²) in [4.78, 5) is 12.2. The van der Waals surface area contributed by atoms with E-state index in [1.165, 1.54) is 0 Å². The molecule has 0 radical (unpaired) electrons. The molecule has 4 heteroatoms. The lowest BCUT2D eigenvalue weighted by Crippen LogP contribution is -2.25. The SMILES string of the molecule is COc1cc(C(=O)NCCC(C)Br)ccc1C. The van der Waals surface area contributed by atoms with Gasteiger partial charge >= 0.3 is 0 Å². The lowest BCUT2D eigenvalue weighted by Gasteiger charge is -2.09. The van der Waals surface area contributed by atoms with Crippen molar-refractivity contribution in [3.8, 4) is 5.75 Å². The fraction of sp³-hybridized carbons (Fsp3) is 0.462. The summed E-state index contributed by atoms with van der Waals surface area (Å²) in [6.07, 6.45) is 0.911. The highest BCUT2D eigenvalue weighted by molar-refractivity contribution is 9.09. The number of hydrogen-bond acceptors (Lipinski definition) is 2. The number of alkyl halides is 1. The summed E-state index contributed by atoms with van der Waals surface area (Å²) < 4.78 is 5.19. The van der Waals surface area contributed by atoms with E-state index in [0.29, 0.717) is 16.9 Å². The van der Waals surface area contributed by atoms with Crippen molar-refractivity contribution in [3.63, 3.8) is 0 Å². The van der Waals surface area contributed by atoms with E-state index in [2.05, 4.69) is 28.2 Å². The average Bonchev–Trinajstić information content (AvgIpc) is 2.29. The van der Waals surface area contributed by atoms with Crippen LogP contribution in [0.1, 0.15) is 29.3 Å². The molecule has 1 aromatic rings. The van der Waals surface area contributed by atoms with E-state index >= 15 is 0 Å². The molecule has 0 aliphatic rings. The van der Waals surface area contributed by atoms with E-state index in [4.69, 9.17) is 4.74 Å². The number of carbonyl (C=O) groups is 1. The van der Waals surface area contributed by atoms with Crippen LogP contribution in [0.2, 0.25) is 0 Å². The van der Waals surface area contributed by atoms with Crippen LogP contribution in [0.25, 0.3) is 0 Å². The molecule has 0 aliphatic heterocycles. The molecule has 0 heterocycles. The van der Waals surface area contributed by atoms with Gasteiger partial charge < -0.3 is 10.1 Å². The minimum atomic E-state index is -0.0588. The maximum Gasteiger partial charge on any atom is 0.251 e. The summed E-state index contributed by atoms with van der Waals surface area (Å²) in [5.41, 5.74) is 1.66. The van der Waals surface area contributed by atoms with Crippen molar-refractivity contribution in [2.24, 2.45) is 0 Å². The molecule has 0 aromatic heterocycles. The van der Waals surface area contributed by atoms with Gasteiger partial charge in [-0.15, -0.1) is 0 Å². The summed E-state index contributed by atoms with van der Waals surface area (Å²) in [5.74, 6) is 0.683. The van der Waals surface area contributed by atoms with Gasteiger partial charge in [0, 0.05) is 16.9 Å². The van der Waals surface area contributed by atoms with E-state index in [-0.39, 0.29) is 5.91 Å². The van der Waals surface area contributed by atoms with Gasteiger partial charge in [0.25, 0.3) is 5.91 Å². The quantitative estimate of drug-likeness (QED) is 0.849. The molecule has 0 spiro atoms. The van der Waals surface area contributed by atoms with Crippen molar-refractivity contribution in [2.75, 3.05) is 13.7 Å². The van der Waals surface area contributed by atoms with Gasteiger partial charge in [-0.05, 0) is 31.0 Å². The van der Waals surface area contributed by atoms with E-state index in [1.54, 1.807) is 13.2 Å². The zero-order chi connectivity index (χ0) is 12.8. The van der Waals surface area contributed by atoms with E-state index in [1.807, 2.05) is 19.1 Å². The van der Waals surface area contributed by atoms with Crippen molar-refractivity contribution in [1.29, 1.82) is 0 Å². The third-order valence-electron chi connectivity index (χ3n) is 2.50. The van der Waals surface area contributed by atoms with Crippen molar-refractivity contribution in [2.45, 2.75) is 25.1 Å². The molecule has 1 amide bonds. The minimum absolute atomic E-state index is 0.0588. The minimum Gasteiger partial charge on any atom is -0.496 e. The molecular formula is C13H18BrNO2. The van der Waals surface area contributed by atoms with E-state index in [9.17, 15) is 4.79 Å². The molecule has 0 fully saturated rings. The van der Waals surface area contributed by atoms with Gasteiger partial charge in [0.05, 0.1) is 7.11 Å². The Morgan fingerprint density at radius 1 is 1.53 bits per heavy atom. The standard InChI is InChI=1S/C13H18BrNO2/c1-9-4-5-11(8-12(9)17-3)13(16)15-7-6-10(2)14/h4-5,8,10H,6-7H2,1-3H3,(H,15,16). The fourth-order valence-corrected chi connectivity index (χ4v) is 1.68. The van der Waals surface area contributed by atoms with Gasteiger partial charge in [-0.1, -0.05) is 28.9 Å². The van der Waals surface area contributed by atoms with Gasteiger partial charge in [-0.3, -0.25) is 4.79 Å². The monoisotopic (exact) mass is 299 g/mol. The number of amides is 1. The van der Waals surface area contributed by atoms with Crippen LogP contribution >= 0.6 is 15.9 Å². The molecule has 1 atom stereocenters. The first-order valence-electron chi connectivity index (χ1n) is 5.61. The van der Waals surface area contributed by atoms with Crippen LogP contribution in [0, 0.1) is 6.92 Å². The molecule has 1 N–H and O–H groups in total. The lowest BCUT2D eigenvalue weighted by molar-refractivity contribution is 0.0953. The van der Waals surface area contributed by atoms with E-state index in [0.717, 1.165) is 17.7 Å². The predicted octanol–water partition coefficient (Wildman–Crippen LogP) is 2.91. The number of methoxy groups -OCH3 is 1. The second kappa shape index (κ2) is 6.64. The first-order valence-corrected chi connectivity index (χ1v) is 6.53. The average molecular weight is 300 g/mol. The molecule has 0 saturated heterocycles. The number of benzene rings is 1. The number of rotatable bonds is 5. The zero-order valence-corrected chi connectivity index (χ0v) is 12.0. The smallest absolute Gasteiger partial charge is 0.251 e. The molecule has 1 unspecified atom stereocenters. The number of hydrogen-bond donors (Lipinski definition) is 1. The first-order chi connectivity index (χ1) is 8.04. The topological polar surface area (TPSA) is 38.3 Å². The Bertz CT molecular complexity index is 391. The van der Waals surface area contributed by atoms with Crippen molar-refractivity contribution in [1.82, 2.24) is 5.32 Å². The lowest BCUT2D eigenvalue weighted by atomic mass is 10.1. The number of aryl methyl sites for hydroxylation is 1. The predicted molar refractivity (Wildman–Crippen MR) is 73.1 cm³/mol. The normalized spacial score (nSPS) is 12.0. The third-order valence-corrected chi connectivity index (χ3v) is 2.96.